The molecule has 0 aliphatic carbocycles. The van der Waals surface area contributed by atoms with Crippen LogP contribution in [-0.4, -0.2) is 11.9 Å². The van der Waals surface area contributed by atoms with E-state index in [0.29, 0.717) is 12.1 Å². The van der Waals surface area contributed by atoms with Gasteiger partial charge in [0.1, 0.15) is 0 Å². The molecule has 23 heavy (non-hydrogen) atoms. The van der Waals surface area contributed by atoms with Gasteiger partial charge in [0, 0.05) is 12.6 Å². The molecule has 0 aliphatic heterocycles. The van der Waals surface area contributed by atoms with Crippen molar-refractivity contribution in [3.05, 3.63) is 70.8 Å². The molecule has 124 valence electrons. The first-order valence-electron chi connectivity index (χ1n) is 7.76. The van der Waals surface area contributed by atoms with Crippen molar-refractivity contribution in [3.8, 4) is 0 Å². The third kappa shape index (κ3) is 4.58. The molecule has 0 spiro atoms. The van der Waals surface area contributed by atoms with Crippen LogP contribution in [0.1, 0.15) is 42.1 Å². The molecule has 1 atom stereocenters. The van der Waals surface area contributed by atoms with Gasteiger partial charge in [0.15, 0.2) is 0 Å². The van der Waals surface area contributed by atoms with Gasteiger partial charge in [-0.1, -0.05) is 49.4 Å². The maximum atomic E-state index is 12.8. The zero-order valence-electron chi connectivity index (χ0n) is 13.7. The van der Waals surface area contributed by atoms with Crippen molar-refractivity contribution in [2.45, 2.75) is 39.0 Å². The van der Waals surface area contributed by atoms with Crippen LogP contribution < -0.4 is 0 Å². The quantitative estimate of drug-likeness (QED) is 0.707. The Hall–Kier alpha value is -1.81. The van der Waals surface area contributed by atoms with E-state index in [9.17, 15) is 13.2 Å². The van der Waals surface area contributed by atoms with Gasteiger partial charge in [-0.15, -0.1) is 0 Å². The van der Waals surface area contributed by atoms with E-state index >= 15 is 0 Å². The second-order valence-corrected chi connectivity index (χ2v) is 5.88. The van der Waals surface area contributed by atoms with E-state index in [1.54, 1.807) is 6.07 Å². The summed E-state index contributed by atoms with van der Waals surface area (Å²) in [5.74, 6) is 0. The monoisotopic (exact) mass is 321 g/mol. The average molecular weight is 321 g/mol. The highest BCUT2D eigenvalue weighted by atomic mass is 19.4. The van der Waals surface area contributed by atoms with E-state index in [2.05, 4.69) is 43.0 Å². The molecule has 1 unspecified atom stereocenters. The second kappa shape index (κ2) is 7.18. The largest absolute Gasteiger partial charge is 0.416 e. The summed E-state index contributed by atoms with van der Waals surface area (Å²) in [5, 5.41) is 0. The summed E-state index contributed by atoms with van der Waals surface area (Å²) in [6.45, 7) is 4.65. The van der Waals surface area contributed by atoms with Crippen molar-refractivity contribution in [2.75, 3.05) is 7.05 Å². The molecule has 2 aromatic rings. The van der Waals surface area contributed by atoms with Crippen LogP contribution in [0, 0.1) is 0 Å². The maximum absolute atomic E-state index is 12.8. The van der Waals surface area contributed by atoms with Crippen molar-refractivity contribution < 1.29 is 13.2 Å². The number of nitrogens with zero attached hydrogens (tertiary/aromatic N) is 1. The predicted octanol–water partition coefficient (Wildman–Crippen LogP) is 5.46. The van der Waals surface area contributed by atoms with Gasteiger partial charge in [0.05, 0.1) is 5.56 Å². The number of benzene rings is 2. The Labute approximate surface area is 135 Å². The van der Waals surface area contributed by atoms with E-state index in [0.717, 1.165) is 18.1 Å². The lowest BCUT2D eigenvalue weighted by atomic mass is 10.0. The summed E-state index contributed by atoms with van der Waals surface area (Å²) in [4.78, 5) is 2.05. The molecule has 0 radical (unpaired) electrons. The van der Waals surface area contributed by atoms with E-state index < -0.39 is 11.7 Å². The highest BCUT2D eigenvalue weighted by Gasteiger charge is 2.30. The lowest BCUT2D eigenvalue weighted by Gasteiger charge is -2.25. The lowest BCUT2D eigenvalue weighted by Crippen LogP contribution is -2.22. The normalized spacial score (nSPS) is 13.3. The van der Waals surface area contributed by atoms with Crippen LogP contribution in [0.3, 0.4) is 0 Å². The highest BCUT2D eigenvalue weighted by Crippen LogP contribution is 2.30. The first-order valence-corrected chi connectivity index (χ1v) is 7.76. The van der Waals surface area contributed by atoms with Gasteiger partial charge in [0.2, 0.25) is 0 Å². The standard InChI is InChI=1S/C19H22F3N/c1-4-15-8-10-17(11-9-15)14(2)23(3)13-16-6-5-7-18(12-16)19(20,21)22/h5-12,14H,4,13H2,1-3H3. The van der Waals surface area contributed by atoms with Gasteiger partial charge >= 0.3 is 6.18 Å². The summed E-state index contributed by atoms with van der Waals surface area (Å²) in [5.41, 5.74) is 2.51. The molecule has 0 N–H and O–H groups in total. The summed E-state index contributed by atoms with van der Waals surface area (Å²) >= 11 is 0. The Morgan fingerprint density at radius 1 is 1.00 bits per heavy atom. The number of alkyl halides is 3. The van der Waals surface area contributed by atoms with Crippen molar-refractivity contribution in [1.29, 1.82) is 0 Å². The van der Waals surface area contributed by atoms with Crippen LogP contribution in [0.15, 0.2) is 48.5 Å². The van der Waals surface area contributed by atoms with E-state index in [-0.39, 0.29) is 6.04 Å². The minimum absolute atomic E-state index is 0.135. The zero-order chi connectivity index (χ0) is 17.0. The summed E-state index contributed by atoms with van der Waals surface area (Å²) in [6.07, 6.45) is -3.30. The van der Waals surface area contributed by atoms with E-state index in [1.807, 2.05) is 7.05 Å². The Balaban J connectivity index is 2.10. The maximum Gasteiger partial charge on any atom is 0.416 e. The van der Waals surface area contributed by atoms with Crippen molar-refractivity contribution >= 4 is 0 Å². The fraction of sp³-hybridized carbons (Fsp3) is 0.368. The number of aryl methyl sites for hydroxylation is 1. The molecule has 2 rings (SSSR count). The fourth-order valence-corrected chi connectivity index (χ4v) is 2.56. The average Bonchev–Trinajstić information content (AvgIpc) is 2.53. The van der Waals surface area contributed by atoms with Crippen molar-refractivity contribution in [1.82, 2.24) is 4.90 Å². The van der Waals surface area contributed by atoms with Gasteiger partial charge in [-0.25, -0.2) is 0 Å². The molecule has 0 saturated heterocycles. The van der Waals surface area contributed by atoms with Gasteiger partial charge in [-0.2, -0.15) is 13.2 Å². The van der Waals surface area contributed by atoms with Gasteiger partial charge < -0.3 is 0 Å². The molecule has 1 nitrogen and oxygen atoms in total. The van der Waals surface area contributed by atoms with E-state index in [4.69, 9.17) is 0 Å². The third-order valence-corrected chi connectivity index (χ3v) is 4.22. The minimum Gasteiger partial charge on any atom is -0.295 e. The minimum atomic E-state index is -4.30. The molecule has 0 bridgehead atoms. The smallest absolute Gasteiger partial charge is 0.295 e. The summed E-state index contributed by atoms with van der Waals surface area (Å²) in [6, 6.07) is 14.0. The van der Waals surface area contributed by atoms with Gasteiger partial charge in [0.25, 0.3) is 0 Å². The first-order chi connectivity index (χ1) is 10.8. The Bertz CT molecular complexity index is 632. The third-order valence-electron chi connectivity index (χ3n) is 4.22. The van der Waals surface area contributed by atoms with Crippen LogP contribution in [-0.2, 0) is 19.1 Å². The summed E-state index contributed by atoms with van der Waals surface area (Å²) < 4.78 is 38.4. The number of hydrogen-bond acceptors (Lipinski definition) is 1. The Morgan fingerprint density at radius 2 is 1.65 bits per heavy atom. The van der Waals surface area contributed by atoms with Crippen molar-refractivity contribution in [2.24, 2.45) is 0 Å². The van der Waals surface area contributed by atoms with Gasteiger partial charge in [-0.3, -0.25) is 4.90 Å². The highest BCUT2D eigenvalue weighted by molar-refractivity contribution is 5.27. The molecule has 4 heteroatoms. The second-order valence-electron chi connectivity index (χ2n) is 5.88. The molecule has 0 fully saturated rings. The van der Waals surface area contributed by atoms with E-state index in [1.165, 1.54) is 17.7 Å². The molecule has 0 saturated carbocycles. The first kappa shape index (κ1) is 17.5. The molecule has 2 aromatic carbocycles. The predicted molar refractivity (Wildman–Crippen MR) is 87.1 cm³/mol. The molecular weight excluding hydrogens is 299 g/mol. The Kier molecular flexibility index (Phi) is 5.47. The SMILES string of the molecule is CCc1ccc(C(C)N(C)Cc2cccc(C(F)(F)F)c2)cc1. The van der Waals surface area contributed by atoms with Crippen LogP contribution in [0.5, 0.6) is 0 Å². The van der Waals surface area contributed by atoms with Crippen LogP contribution >= 0.6 is 0 Å². The topological polar surface area (TPSA) is 3.24 Å². The van der Waals surface area contributed by atoms with Crippen LogP contribution in [0.4, 0.5) is 13.2 Å². The Morgan fingerprint density at radius 3 is 2.22 bits per heavy atom. The number of hydrogen-bond donors (Lipinski definition) is 0. The summed E-state index contributed by atoms with van der Waals surface area (Å²) in [7, 11) is 1.93. The molecular formula is C19H22F3N. The lowest BCUT2D eigenvalue weighted by molar-refractivity contribution is -0.137. The molecule has 0 amide bonds. The van der Waals surface area contributed by atoms with Crippen LogP contribution in [0.25, 0.3) is 0 Å². The number of halogens is 3. The van der Waals surface area contributed by atoms with Gasteiger partial charge in [-0.05, 0) is 43.1 Å². The van der Waals surface area contributed by atoms with Crippen LogP contribution in [0.2, 0.25) is 0 Å². The molecule has 0 aliphatic rings. The molecule has 0 aromatic heterocycles. The number of rotatable bonds is 5. The fourth-order valence-electron chi connectivity index (χ4n) is 2.56. The van der Waals surface area contributed by atoms with Crippen molar-refractivity contribution in [3.63, 3.8) is 0 Å². The zero-order valence-corrected chi connectivity index (χ0v) is 13.7. The molecule has 0 heterocycles.